The van der Waals surface area contributed by atoms with Crippen LogP contribution in [0, 0.1) is 5.82 Å². The van der Waals surface area contributed by atoms with E-state index in [-0.39, 0.29) is 17.2 Å². The molecule has 0 radical (unpaired) electrons. The number of anilines is 1. The van der Waals surface area contributed by atoms with Crippen molar-refractivity contribution < 1.29 is 28.2 Å². The van der Waals surface area contributed by atoms with E-state index in [9.17, 15) is 18.8 Å². The molecule has 6 nitrogen and oxygen atoms in total. The van der Waals surface area contributed by atoms with E-state index in [4.69, 9.17) is 9.47 Å². The Kier molecular flexibility index (Phi) is 7.15. The molecule has 8 heteroatoms. The third kappa shape index (κ3) is 5.35. The molecule has 2 aromatic carbocycles. The maximum Gasteiger partial charge on any atom is 0.341 e. The third-order valence-corrected chi connectivity index (χ3v) is 5.18. The molecule has 1 aromatic heterocycles. The normalized spacial score (nSPS) is 11.5. The molecule has 0 spiro atoms. The van der Waals surface area contributed by atoms with Gasteiger partial charge in [-0.2, -0.15) is 0 Å². The first-order valence-corrected chi connectivity index (χ1v) is 10.4. The molecule has 1 N–H and O–H groups in total. The SMILES string of the molecule is CCOC(=O)c1c(-c2ccc(F)cc2)csc1NC(=O)[C@H](OC(C)=O)c1ccccc1. The first-order valence-electron chi connectivity index (χ1n) is 9.48. The summed E-state index contributed by atoms with van der Waals surface area (Å²) in [6, 6.07) is 14.2. The molecular weight excluding hydrogens is 421 g/mol. The van der Waals surface area contributed by atoms with Crippen molar-refractivity contribution in [3.8, 4) is 11.1 Å². The molecule has 3 aromatic rings. The van der Waals surface area contributed by atoms with Gasteiger partial charge in [-0.1, -0.05) is 42.5 Å². The van der Waals surface area contributed by atoms with Crippen LogP contribution in [-0.4, -0.2) is 24.5 Å². The molecule has 31 heavy (non-hydrogen) atoms. The van der Waals surface area contributed by atoms with Gasteiger partial charge in [0.1, 0.15) is 16.4 Å². The molecule has 0 unspecified atom stereocenters. The van der Waals surface area contributed by atoms with Crippen molar-refractivity contribution in [1.82, 2.24) is 0 Å². The number of benzene rings is 2. The van der Waals surface area contributed by atoms with Gasteiger partial charge in [-0.3, -0.25) is 9.59 Å². The second-order valence-corrected chi connectivity index (χ2v) is 7.35. The fraction of sp³-hybridized carbons (Fsp3) is 0.174. The molecule has 0 aliphatic rings. The Morgan fingerprint density at radius 3 is 2.35 bits per heavy atom. The summed E-state index contributed by atoms with van der Waals surface area (Å²) in [6.07, 6.45) is -1.19. The fourth-order valence-electron chi connectivity index (χ4n) is 2.94. The third-order valence-electron chi connectivity index (χ3n) is 4.29. The maximum atomic E-state index is 13.3. The maximum absolute atomic E-state index is 13.3. The van der Waals surface area contributed by atoms with Crippen LogP contribution in [0.4, 0.5) is 9.39 Å². The Labute approximate surface area is 182 Å². The average Bonchev–Trinajstić information content (AvgIpc) is 3.16. The Balaban J connectivity index is 1.97. The van der Waals surface area contributed by atoms with Gasteiger partial charge >= 0.3 is 11.9 Å². The van der Waals surface area contributed by atoms with Gasteiger partial charge in [0.25, 0.3) is 5.91 Å². The van der Waals surface area contributed by atoms with Crippen molar-refractivity contribution in [3.05, 3.63) is 76.9 Å². The first-order chi connectivity index (χ1) is 14.9. The van der Waals surface area contributed by atoms with Gasteiger partial charge in [-0.05, 0) is 24.6 Å². The lowest BCUT2D eigenvalue weighted by Gasteiger charge is -2.17. The number of hydrogen-bond donors (Lipinski definition) is 1. The molecule has 1 atom stereocenters. The zero-order valence-electron chi connectivity index (χ0n) is 16.9. The van der Waals surface area contributed by atoms with E-state index in [1.807, 2.05) is 0 Å². The fourth-order valence-corrected chi connectivity index (χ4v) is 3.90. The van der Waals surface area contributed by atoms with E-state index in [1.165, 1.54) is 31.2 Å². The zero-order valence-corrected chi connectivity index (χ0v) is 17.7. The summed E-state index contributed by atoms with van der Waals surface area (Å²) >= 11 is 1.12. The van der Waals surface area contributed by atoms with Gasteiger partial charge in [-0.25, -0.2) is 9.18 Å². The van der Waals surface area contributed by atoms with Crippen LogP contribution in [0.1, 0.15) is 35.9 Å². The van der Waals surface area contributed by atoms with Crippen molar-refractivity contribution in [2.24, 2.45) is 0 Å². The summed E-state index contributed by atoms with van der Waals surface area (Å²) in [5.74, 6) is -2.26. The second-order valence-electron chi connectivity index (χ2n) is 6.47. The van der Waals surface area contributed by atoms with Crippen LogP contribution < -0.4 is 5.32 Å². The Morgan fingerprint density at radius 2 is 1.74 bits per heavy atom. The van der Waals surface area contributed by atoms with Crippen molar-refractivity contribution >= 4 is 34.2 Å². The highest BCUT2D eigenvalue weighted by atomic mass is 32.1. The molecular formula is C23H20FNO5S. The molecule has 0 aliphatic heterocycles. The van der Waals surface area contributed by atoms with Crippen LogP contribution in [-0.2, 0) is 19.1 Å². The molecule has 1 amide bonds. The van der Waals surface area contributed by atoms with Crippen molar-refractivity contribution in [1.29, 1.82) is 0 Å². The number of nitrogens with one attached hydrogen (secondary N) is 1. The number of halogens is 1. The quantitative estimate of drug-likeness (QED) is 0.524. The van der Waals surface area contributed by atoms with E-state index in [1.54, 1.807) is 42.6 Å². The van der Waals surface area contributed by atoms with Gasteiger partial charge in [-0.15, -0.1) is 11.3 Å². The molecule has 0 saturated heterocycles. The standard InChI is InChI=1S/C23H20FNO5S/c1-3-29-23(28)19-18(15-9-11-17(24)12-10-15)13-31-22(19)25-21(27)20(30-14(2)26)16-7-5-4-6-8-16/h4-13,20H,3H2,1-2H3,(H,25,27)/t20-/m1/s1. The molecule has 0 bridgehead atoms. The molecule has 160 valence electrons. The van der Waals surface area contributed by atoms with Crippen molar-refractivity contribution in [3.63, 3.8) is 0 Å². The van der Waals surface area contributed by atoms with E-state index < -0.39 is 29.8 Å². The van der Waals surface area contributed by atoms with E-state index in [0.29, 0.717) is 16.7 Å². The lowest BCUT2D eigenvalue weighted by atomic mass is 10.0. The number of ether oxygens (including phenoxy) is 2. The summed E-state index contributed by atoms with van der Waals surface area (Å²) in [5, 5.41) is 4.61. The number of amides is 1. The highest BCUT2D eigenvalue weighted by molar-refractivity contribution is 7.15. The lowest BCUT2D eigenvalue weighted by Crippen LogP contribution is -2.25. The molecule has 0 saturated carbocycles. The van der Waals surface area contributed by atoms with E-state index in [0.717, 1.165) is 11.3 Å². The molecule has 0 aliphatic carbocycles. The van der Waals surface area contributed by atoms with Crippen LogP contribution in [0.3, 0.4) is 0 Å². The zero-order chi connectivity index (χ0) is 22.4. The Hall–Kier alpha value is -3.52. The van der Waals surface area contributed by atoms with Crippen LogP contribution in [0.25, 0.3) is 11.1 Å². The minimum Gasteiger partial charge on any atom is -0.462 e. The van der Waals surface area contributed by atoms with Crippen LogP contribution in [0.15, 0.2) is 60.0 Å². The average molecular weight is 441 g/mol. The minimum absolute atomic E-state index is 0.144. The lowest BCUT2D eigenvalue weighted by molar-refractivity contribution is -0.152. The molecule has 0 fully saturated rings. The summed E-state index contributed by atoms with van der Waals surface area (Å²) in [7, 11) is 0. The number of thiophene rings is 1. The van der Waals surface area contributed by atoms with Crippen LogP contribution in [0.5, 0.6) is 0 Å². The van der Waals surface area contributed by atoms with Gasteiger partial charge < -0.3 is 14.8 Å². The first kappa shape index (κ1) is 22.2. The van der Waals surface area contributed by atoms with Crippen LogP contribution >= 0.6 is 11.3 Å². The molecule has 1 heterocycles. The number of esters is 2. The van der Waals surface area contributed by atoms with Gasteiger partial charge in [0.2, 0.25) is 6.10 Å². The highest BCUT2D eigenvalue weighted by Gasteiger charge is 2.28. The summed E-state index contributed by atoms with van der Waals surface area (Å²) in [4.78, 5) is 37.2. The van der Waals surface area contributed by atoms with E-state index >= 15 is 0 Å². The van der Waals surface area contributed by atoms with Crippen molar-refractivity contribution in [2.75, 3.05) is 11.9 Å². The van der Waals surface area contributed by atoms with Gasteiger partial charge in [0.15, 0.2) is 0 Å². The van der Waals surface area contributed by atoms with Gasteiger partial charge in [0.05, 0.1) is 6.61 Å². The van der Waals surface area contributed by atoms with Crippen LogP contribution in [0.2, 0.25) is 0 Å². The highest BCUT2D eigenvalue weighted by Crippen LogP contribution is 2.37. The molecule has 3 rings (SSSR count). The van der Waals surface area contributed by atoms with Gasteiger partial charge in [0, 0.05) is 23.4 Å². The minimum atomic E-state index is -1.19. The largest absolute Gasteiger partial charge is 0.462 e. The Bertz CT molecular complexity index is 1080. The predicted octanol–water partition coefficient (Wildman–Crippen LogP) is 4.97. The topological polar surface area (TPSA) is 81.7 Å². The summed E-state index contributed by atoms with van der Waals surface area (Å²) in [6.45, 7) is 3.03. The second kappa shape index (κ2) is 9.99. The van der Waals surface area contributed by atoms with Crippen molar-refractivity contribution in [2.45, 2.75) is 20.0 Å². The van der Waals surface area contributed by atoms with E-state index in [2.05, 4.69) is 5.32 Å². The summed E-state index contributed by atoms with van der Waals surface area (Å²) < 4.78 is 23.7. The number of carbonyl (C=O) groups is 3. The Morgan fingerprint density at radius 1 is 1.06 bits per heavy atom. The number of carbonyl (C=O) groups excluding carboxylic acids is 3. The monoisotopic (exact) mass is 441 g/mol. The summed E-state index contributed by atoms with van der Waals surface area (Å²) in [5.41, 5.74) is 1.74. The smallest absolute Gasteiger partial charge is 0.341 e. The predicted molar refractivity (Wildman–Crippen MR) is 115 cm³/mol. The number of rotatable bonds is 7. The number of hydrogen-bond acceptors (Lipinski definition) is 6.